The molecule has 12 rings (SSSR count). The van der Waals surface area contributed by atoms with E-state index in [1.54, 1.807) is 0 Å². The Labute approximate surface area is 327 Å². The van der Waals surface area contributed by atoms with Crippen LogP contribution in [0, 0.1) is 0 Å². The summed E-state index contributed by atoms with van der Waals surface area (Å²) >= 11 is 0. The van der Waals surface area contributed by atoms with Gasteiger partial charge < -0.3 is 4.90 Å². The van der Waals surface area contributed by atoms with Gasteiger partial charge in [0.25, 0.3) is 0 Å². The van der Waals surface area contributed by atoms with E-state index in [1.807, 2.05) is 0 Å². The van der Waals surface area contributed by atoms with Crippen LogP contribution in [0.15, 0.2) is 182 Å². The third-order valence-electron chi connectivity index (χ3n) is 13.2. The summed E-state index contributed by atoms with van der Waals surface area (Å²) in [6.45, 7) is 7.17. The van der Waals surface area contributed by atoms with Crippen molar-refractivity contribution in [1.29, 1.82) is 0 Å². The summed E-state index contributed by atoms with van der Waals surface area (Å²) in [5, 5.41) is 2.45. The molecule has 0 bridgehead atoms. The summed E-state index contributed by atoms with van der Waals surface area (Å²) in [7, 11) is 0. The van der Waals surface area contributed by atoms with E-state index in [1.165, 1.54) is 83.3 Å². The molecule has 0 radical (unpaired) electrons. The van der Waals surface area contributed by atoms with Crippen LogP contribution < -0.4 is 4.90 Å². The third-order valence-corrected chi connectivity index (χ3v) is 13.2. The Kier molecular flexibility index (Phi) is 6.31. The van der Waals surface area contributed by atoms with Crippen molar-refractivity contribution in [1.82, 2.24) is 9.55 Å². The maximum atomic E-state index is 5.40. The molecule has 3 nitrogen and oxygen atoms in total. The van der Waals surface area contributed by atoms with Crippen molar-refractivity contribution in [3.05, 3.63) is 215 Å². The van der Waals surface area contributed by atoms with Gasteiger partial charge in [-0.3, -0.25) is 4.57 Å². The molecule has 2 aliphatic carbocycles. The van der Waals surface area contributed by atoms with E-state index in [-0.39, 0.29) is 11.5 Å². The highest BCUT2D eigenvalue weighted by Gasteiger charge is 2.47. The number of rotatable bonds is 3. The van der Waals surface area contributed by atoms with Gasteiger partial charge in [-0.25, -0.2) is 4.98 Å². The first-order valence-corrected chi connectivity index (χ1v) is 19.8. The molecule has 0 saturated carbocycles. The molecule has 1 aromatic heterocycles. The van der Waals surface area contributed by atoms with Gasteiger partial charge in [0.1, 0.15) is 5.82 Å². The molecule has 3 heterocycles. The summed E-state index contributed by atoms with van der Waals surface area (Å²) in [6.07, 6.45) is 9.24. The summed E-state index contributed by atoms with van der Waals surface area (Å²) in [4.78, 5) is 8.10. The number of hydrogen-bond acceptors (Lipinski definition) is 2. The van der Waals surface area contributed by atoms with Gasteiger partial charge in [-0.15, -0.1) is 0 Å². The molecular formula is C53H39N3. The zero-order valence-corrected chi connectivity index (χ0v) is 31.7. The van der Waals surface area contributed by atoms with Crippen LogP contribution in [0.5, 0.6) is 0 Å². The fraction of sp³-hybridized carbons (Fsp3) is 0.113. The number of anilines is 1. The highest BCUT2D eigenvalue weighted by atomic mass is 15.3. The predicted molar refractivity (Wildman–Crippen MR) is 231 cm³/mol. The largest absolute Gasteiger partial charge is 0.347 e. The predicted octanol–water partition coefficient (Wildman–Crippen LogP) is 12.8. The molecule has 2 unspecified atom stereocenters. The maximum absolute atomic E-state index is 5.40. The Bertz CT molecular complexity index is 3100. The van der Waals surface area contributed by atoms with Gasteiger partial charge in [0, 0.05) is 33.4 Å². The number of allylic oxidation sites excluding steroid dienone is 2. The molecule has 0 N–H and O–H groups in total. The van der Waals surface area contributed by atoms with Crippen LogP contribution in [0.3, 0.4) is 0 Å². The highest BCUT2D eigenvalue weighted by Crippen LogP contribution is 2.57. The lowest BCUT2D eigenvalue weighted by atomic mass is 9.72. The number of hydrogen-bond donors (Lipinski definition) is 0. The van der Waals surface area contributed by atoms with E-state index >= 15 is 0 Å². The standard InChI is InChI=1S/C53H39N3/c1-52(2)42-21-9-6-17-37(42)38-29-28-35(32-44(38)52)48-39-18-7-11-25-47(39)56(53(3)30-13-12-22-43(48)53)49-40-19-8-10-24-46(40)55-50-41(49)20-14-23-45(50)54-51(55)36-27-26-33-15-4-5-16-34(33)31-36/h4-32,49H,1-3H3. The molecule has 0 amide bonds. The SMILES string of the molecule is CC1(C)c2ccccc2-c2ccc(C3=C4C=CC=CC4(C)N(C4c5ccccc5-n5c(-c6ccc7ccccc7c6)nc6cccc4c65)c4ccccc43)cc21. The zero-order chi connectivity index (χ0) is 37.3. The quantitative estimate of drug-likeness (QED) is 0.181. The lowest BCUT2D eigenvalue weighted by Crippen LogP contribution is -2.52. The Morgan fingerprint density at radius 2 is 1.27 bits per heavy atom. The van der Waals surface area contributed by atoms with Crippen LogP contribution in [0.25, 0.3) is 55.6 Å². The first kappa shape index (κ1) is 31.6. The topological polar surface area (TPSA) is 21.1 Å². The van der Waals surface area contributed by atoms with Crippen LogP contribution in [-0.2, 0) is 5.41 Å². The normalized spacial score (nSPS) is 19.5. The van der Waals surface area contributed by atoms with Crippen molar-refractivity contribution in [2.75, 3.05) is 4.90 Å². The monoisotopic (exact) mass is 717 g/mol. The van der Waals surface area contributed by atoms with Gasteiger partial charge in [0.2, 0.25) is 0 Å². The van der Waals surface area contributed by atoms with Crippen LogP contribution in [0.1, 0.15) is 60.2 Å². The molecule has 2 atom stereocenters. The first-order valence-electron chi connectivity index (χ1n) is 19.8. The molecule has 266 valence electrons. The average Bonchev–Trinajstić information content (AvgIpc) is 3.74. The number of fused-ring (bicyclic) bond motifs is 8. The minimum atomic E-state index is -0.459. The van der Waals surface area contributed by atoms with Gasteiger partial charge >= 0.3 is 0 Å². The van der Waals surface area contributed by atoms with E-state index in [2.05, 4.69) is 206 Å². The second kappa shape index (κ2) is 11.2. The van der Waals surface area contributed by atoms with Gasteiger partial charge in [-0.1, -0.05) is 159 Å². The molecule has 7 aromatic carbocycles. The highest BCUT2D eigenvalue weighted by molar-refractivity contribution is 5.98. The minimum Gasteiger partial charge on any atom is -0.347 e. The second-order valence-corrected chi connectivity index (χ2v) is 16.5. The van der Waals surface area contributed by atoms with Gasteiger partial charge in [0.05, 0.1) is 28.3 Å². The van der Waals surface area contributed by atoms with E-state index in [9.17, 15) is 0 Å². The number of para-hydroxylation sites is 3. The van der Waals surface area contributed by atoms with E-state index in [4.69, 9.17) is 4.98 Å². The number of imidazole rings is 1. The maximum Gasteiger partial charge on any atom is 0.145 e. The van der Waals surface area contributed by atoms with Crippen molar-refractivity contribution < 1.29 is 0 Å². The van der Waals surface area contributed by atoms with Gasteiger partial charge in [0.15, 0.2) is 0 Å². The summed E-state index contributed by atoms with van der Waals surface area (Å²) in [5.41, 5.74) is 18.3. The molecule has 0 fully saturated rings. The van der Waals surface area contributed by atoms with Gasteiger partial charge in [-0.2, -0.15) is 0 Å². The average molecular weight is 718 g/mol. The number of benzene rings is 7. The fourth-order valence-corrected chi connectivity index (χ4v) is 10.6. The molecule has 2 aliphatic heterocycles. The first-order chi connectivity index (χ1) is 27.4. The van der Waals surface area contributed by atoms with Crippen molar-refractivity contribution >= 4 is 33.1 Å². The minimum absolute atomic E-state index is 0.0733. The van der Waals surface area contributed by atoms with Crippen molar-refractivity contribution in [3.8, 4) is 28.2 Å². The van der Waals surface area contributed by atoms with Crippen LogP contribution in [-0.4, -0.2) is 15.1 Å². The fourth-order valence-electron chi connectivity index (χ4n) is 10.6. The van der Waals surface area contributed by atoms with Crippen molar-refractivity contribution in [3.63, 3.8) is 0 Å². The van der Waals surface area contributed by atoms with Gasteiger partial charge in [-0.05, 0) is 87.0 Å². The lowest BCUT2D eigenvalue weighted by molar-refractivity contribution is 0.539. The lowest BCUT2D eigenvalue weighted by Gasteiger charge is -2.53. The number of nitrogens with zero attached hydrogens (tertiary/aromatic N) is 3. The van der Waals surface area contributed by atoms with E-state index in [0.717, 1.165) is 16.9 Å². The Balaban J connectivity index is 1.09. The van der Waals surface area contributed by atoms with Crippen molar-refractivity contribution in [2.24, 2.45) is 0 Å². The zero-order valence-electron chi connectivity index (χ0n) is 31.7. The molecular weight excluding hydrogens is 679 g/mol. The van der Waals surface area contributed by atoms with E-state index in [0.29, 0.717) is 0 Å². The Hall–Kier alpha value is -6.71. The van der Waals surface area contributed by atoms with Crippen LogP contribution >= 0.6 is 0 Å². The summed E-state index contributed by atoms with van der Waals surface area (Å²) in [6, 6.07) is 56.2. The Morgan fingerprint density at radius 3 is 2.16 bits per heavy atom. The smallest absolute Gasteiger partial charge is 0.145 e. The molecule has 3 heteroatoms. The molecule has 0 spiro atoms. The van der Waals surface area contributed by atoms with Crippen molar-refractivity contribution in [2.45, 2.75) is 37.8 Å². The third kappa shape index (κ3) is 4.10. The molecule has 8 aromatic rings. The number of aromatic nitrogens is 2. The summed E-state index contributed by atoms with van der Waals surface area (Å²) in [5.74, 6) is 0.972. The summed E-state index contributed by atoms with van der Waals surface area (Å²) < 4.78 is 2.42. The van der Waals surface area contributed by atoms with Crippen LogP contribution in [0.4, 0.5) is 5.69 Å². The Morgan fingerprint density at radius 1 is 0.554 bits per heavy atom. The van der Waals surface area contributed by atoms with E-state index < -0.39 is 5.54 Å². The second-order valence-electron chi connectivity index (χ2n) is 16.5. The molecule has 56 heavy (non-hydrogen) atoms. The molecule has 4 aliphatic rings. The molecule has 0 saturated heterocycles. The van der Waals surface area contributed by atoms with Crippen LogP contribution in [0.2, 0.25) is 0 Å².